The molecule has 1 aromatic heterocycles. The van der Waals surface area contributed by atoms with E-state index >= 15 is 0 Å². The van der Waals surface area contributed by atoms with Crippen LogP contribution in [0.4, 0.5) is 4.39 Å². The largest absolute Gasteiger partial charge is 0.198 e. The van der Waals surface area contributed by atoms with Crippen molar-refractivity contribution in [2.75, 3.05) is 0 Å². The van der Waals surface area contributed by atoms with E-state index in [1.54, 1.807) is 0 Å². The summed E-state index contributed by atoms with van der Waals surface area (Å²) in [5.74, 6) is 0. The lowest BCUT2D eigenvalue weighted by Crippen LogP contribution is -1.78. The average Bonchev–Trinajstić information content (AvgIpc) is 2.43. The predicted octanol–water partition coefficient (Wildman–Crippen LogP) is 3.87. The molecule has 0 amide bonds. The standard InChI is InChI=1S/C10H5BrFNS/c11-9-7-2-1-6(3-4-13)5-8(7)14-10(9)12/h1-2,5H,3H2. The van der Waals surface area contributed by atoms with Gasteiger partial charge >= 0.3 is 0 Å². The minimum atomic E-state index is -0.214. The molecular formula is C10H5BrFNS. The summed E-state index contributed by atoms with van der Waals surface area (Å²) in [6.07, 6.45) is 0.368. The van der Waals surface area contributed by atoms with Gasteiger partial charge in [-0.3, -0.25) is 0 Å². The fraction of sp³-hybridized carbons (Fsp3) is 0.100. The predicted molar refractivity (Wildman–Crippen MR) is 58.8 cm³/mol. The van der Waals surface area contributed by atoms with Crippen LogP contribution >= 0.6 is 27.3 Å². The molecule has 0 N–H and O–H groups in total. The molecule has 0 aliphatic rings. The van der Waals surface area contributed by atoms with Gasteiger partial charge in [0.2, 0.25) is 0 Å². The molecular weight excluding hydrogens is 265 g/mol. The summed E-state index contributed by atoms with van der Waals surface area (Å²) >= 11 is 4.28. The van der Waals surface area contributed by atoms with Crippen molar-refractivity contribution >= 4 is 37.4 Å². The average molecular weight is 270 g/mol. The third-order valence-electron chi connectivity index (χ3n) is 1.94. The molecule has 70 valence electrons. The summed E-state index contributed by atoms with van der Waals surface area (Å²) in [5.41, 5.74) is 0.925. The molecule has 0 saturated carbocycles. The van der Waals surface area contributed by atoms with Crippen molar-refractivity contribution in [3.8, 4) is 6.07 Å². The van der Waals surface area contributed by atoms with Gasteiger partial charge in [0, 0.05) is 10.1 Å². The zero-order valence-electron chi connectivity index (χ0n) is 7.05. The molecule has 14 heavy (non-hydrogen) atoms. The molecule has 2 aromatic rings. The number of hydrogen-bond donors (Lipinski definition) is 0. The molecule has 0 unspecified atom stereocenters. The van der Waals surface area contributed by atoms with Gasteiger partial charge in [0.1, 0.15) is 0 Å². The zero-order chi connectivity index (χ0) is 10.1. The Labute approximate surface area is 92.9 Å². The third-order valence-corrected chi connectivity index (χ3v) is 3.92. The Kier molecular flexibility index (Phi) is 2.53. The minimum absolute atomic E-state index is 0.214. The third kappa shape index (κ3) is 1.54. The topological polar surface area (TPSA) is 23.8 Å². The lowest BCUT2D eigenvalue weighted by Gasteiger charge is -1.94. The van der Waals surface area contributed by atoms with Gasteiger partial charge < -0.3 is 0 Å². The quantitative estimate of drug-likeness (QED) is 0.771. The first-order valence-corrected chi connectivity index (χ1v) is 5.56. The highest BCUT2D eigenvalue weighted by Gasteiger charge is 2.09. The van der Waals surface area contributed by atoms with Gasteiger partial charge in [-0.05, 0) is 27.6 Å². The van der Waals surface area contributed by atoms with Gasteiger partial charge in [-0.15, -0.1) is 11.3 Å². The molecule has 1 nitrogen and oxygen atoms in total. The van der Waals surface area contributed by atoms with E-state index < -0.39 is 0 Å². The highest BCUT2D eigenvalue weighted by Crippen LogP contribution is 2.34. The normalized spacial score (nSPS) is 10.4. The summed E-state index contributed by atoms with van der Waals surface area (Å²) in [6, 6.07) is 7.62. The van der Waals surface area contributed by atoms with E-state index in [4.69, 9.17) is 5.26 Å². The Bertz CT molecular complexity index is 527. The maximum atomic E-state index is 13.2. The Hall–Kier alpha value is -0.920. The number of benzene rings is 1. The molecule has 0 saturated heterocycles. The van der Waals surface area contributed by atoms with Crippen molar-refractivity contribution in [2.45, 2.75) is 6.42 Å². The molecule has 0 fully saturated rings. The Morgan fingerprint density at radius 2 is 2.29 bits per heavy atom. The van der Waals surface area contributed by atoms with Crippen LogP contribution in [0.2, 0.25) is 0 Å². The highest BCUT2D eigenvalue weighted by molar-refractivity contribution is 9.10. The van der Waals surface area contributed by atoms with Gasteiger partial charge in [0.25, 0.3) is 0 Å². The maximum absolute atomic E-state index is 13.2. The first-order valence-electron chi connectivity index (χ1n) is 3.95. The Morgan fingerprint density at radius 3 is 3.00 bits per heavy atom. The van der Waals surface area contributed by atoms with Crippen molar-refractivity contribution in [3.63, 3.8) is 0 Å². The number of hydrogen-bond acceptors (Lipinski definition) is 2. The van der Waals surface area contributed by atoms with Crippen LogP contribution in [0.25, 0.3) is 10.1 Å². The minimum Gasteiger partial charge on any atom is -0.198 e. The van der Waals surface area contributed by atoms with Gasteiger partial charge in [-0.25, -0.2) is 0 Å². The molecule has 0 aliphatic carbocycles. The van der Waals surface area contributed by atoms with E-state index in [1.165, 1.54) is 0 Å². The molecule has 0 spiro atoms. The first kappa shape index (κ1) is 9.63. The van der Waals surface area contributed by atoms with Gasteiger partial charge in [-0.1, -0.05) is 12.1 Å². The van der Waals surface area contributed by atoms with E-state index in [0.717, 1.165) is 27.0 Å². The van der Waals surface area contributed by atoms with E-state index in [2.05, 4.69) is 22.0 Å². The molecule has 4 heteroatoms. The lowest BCUT2D eigenvalue weighted by atomic mass is 10.1. The van der Waals surface area contributed by atoms with Crippen LogP contribution in [-0.4, -0.2) is 0 Å². The molecule has 0 bridgehead atoms. The number of thiophene rings is 1. The summed E-state index contributed by atoms with van der Waals surface area (Å²) < 4.78 is 14.5. The molecule has 1 heterocycles. The molecule has 0 aliphatic heterocycles. The van der Waals surface area contributed by atoms with Crippen LogP contribution in [0.1, 0.15) is 5.56 Å². The SMILES string of the molecule is N#CCc1ccc2c(Br)c(F)sc2c1. The first-order chi connectivity index (χ1) is 6.72. The van der Waals surface area contributed by atoms with Crippen molar-refractivity contribution in [3.05, 3.63) is 33.4 Å². The van der Waals surface area contributed by atoms with Crippen molar-refractivity contribution in [1.82, 2.24) is 0 Å². The Morgan fingerprint density at radius 1 is 1.50 bits per heavy atom. The second-order valence-corrected chi connectivity index (χ2v) is 4.65. The smallest absolute Gasteiger partial charge is 0.191 e. The van der Waals surface area contributed by atoms with E-state index in [-0.39, 0.29) is 5.13 Å². The number of nitriles is 1. The van der Waals surface area contributed by atoms with Crippen LogP contribution < -0.4 is 0 Å². The Balaban J connectivity index is 2.63. The number of fused-ring (bicyclic) bond motifs is 1. The second-order valence-electron chi connectivity index (χ2n) is 2.86. The van der Waals surface area contributed by atoms with Gasteiger partial charge in [0.15, 0.2) is 5.13 Å². The number of nitrogens with zero attached hydrogens (tertiary/aromatic N) is 1. The molecule has 0 atom stereocenters. The number of rotatable bonds is 1. The fourth-order valence-electron chi connectivity index (χ4n) is 1.28. The van der Waals surface area contributed by atoms with Crippen LogP contribution in [0.5, 0.6) is 0 Å². The summed E-state index contributed by atoms with van der Waals surface area (Å²) in [6.45, 7) is 0. The highest BCUT2D eigenvalue weighted by atomic mass is 79.9. The second kappa shape index (κ2) is 3.68. The molecule has 2 rings (SSSR count). The fourth-order valence-corrected chi connectivity index (χ4v) is 2.88. The molecule has 0 radical (unpaired) electrons. The van der Waals surface area contributed by atoms with Crippen LogP contribution in [0, 0.1) is 16.5 Å². The van der Waals surface area contributed by atoms with Crippen molar-refractivity contribution in [2.24, 2.45) is 0 Å². The van der Waals surface area contributed by atoms with E-state index in [0.29, 0.717) is 10.9 Å². The van der Waals surface area contributed by atoms with Gasteiger partial charge in [-0.2, -0.15) is 9.65 Å². The maximum Gasteiger partial charge on any atom is 0.191 e. The monoisotopic (exact) mass is 269 g/mol. The van der Waals surface area contributed by atoms with Crippen LogP contribution in [0.15, 0.2) is 22.7 Å². The number of halogens is 2. The molecule has 1 aromatic carbocycles. The van der Waals surface area contributed by atoms with E-state index in [1.807, 2.05) is 18.2 Å². The summed E-state index contributed by atoms with van der Waals surface area (Å²) in [5, 5.41) is 9.18. The zero-order valence-corrected chi connectivity index (χ0v) is 9.45. The van der Waals surface area contributed by atoms with Crippen LogP contribution in [0.3, 0.4) is 0 Å². The van der Waals surface area contributed by atoms with Gasteiger partial charge in [0.05, 0.1) is 17.0 Å². The lowest BCUT2D eigenvalue weighted by molar-refractivity contribution is 0.652. The summed E-state index contributed by atoms with van der Waals surface area (Å²) in [4.78, 5) is 0. The van der Waals surface area contributed by atoms with Crippen molar-refractivity contribution < 1.29 is 4.39 Å². The van der Waals surface area contributed by atoms with E-state index in [9.17, 15) is 4.39 Å². The summed E-state index contributed by atoms with van der Waals surface area (Å²) in [7, 11) is 0. The van der Waals surface area contributed by atoms with Crippen molar-refractivity contribution in [1.29, 1.82) is 5.26 Å². The van der Waals surface area contributed by atoms with Crippen LogP contribution in [-0.2, 0) is 6.42 Å².